The van der Waals surface area contributed by atoms with E-state index in [1.165, 1.54) is 0 Å². The number of nitrogens with one attached hydrogen (secondary N) is 2. The molecule has 0 radical (unpaired) electrons. The molecule has 0 spiro atoms. The third kappa shape index (κ3) is 4.80. The molecule has 0 aliphatic heterocycles. The lowest BCUT2D eigenvalue weighted by Crippen LogP contribution is -2.43. The highest BCUT2D eigenvalue weighted by Gasteiger charge is 2.26. The minimum absolute atomic E-state index is 0.317. The molecule has 0 aliphatic rings. The number of para-hydroxylation sites is 1. The van der Waals surface area contributed by atoms with Crippen molar-refractivity contribution in [3.05, 3.63) is 24.3 Å². The standard InChI is InChI=1S/C15H26N2O2S/c1-5-11-15(3,4)17-20(18,19)14-10-8-7-9-13(14)16-12-6-2/h7-10,16-17H,5-6,11-12H2,1-4H3. The predicted octanol–water partition coefficient (Wildman–Crippen LogP) is 3.37. The van der Waals surface area contributed by atoms with Crippen molar-refractivity contribution in [3.8, 4) is 0 Å². The molecule has 0 aromatic heterocycles. The average Bonchev–Trinajstić information content (AvgIpc) is 2.35. The van der Waals surface area contributed by atoms with Crippen LogP contribution in [0.2, 0.25) is 0 Å². The first-order valence-electron chi connectivity index (χ1n) is 7.19. The van der Waals surface area contributed by atoms with Gasteiger partial charge < -0.3 is 5.32 Å². The van der Waals surface area contributed by atoms with Crippen molar-refractivity contribution in [3.63, 3.8) is 0 Å². The Morgan fingerprint density at radius 2 is 1.75 bits per heavy atom. The summed E-state index contributed by atoms with van der Waals surface area (Å²) < 4.78 is 27.9. The molecule has 1 rings (SSSR count). The zero-order valence-electron chi connectivity index (χ0n) is 12.9. The Bertz CT molecular complexity index is 524. The zero-order valence-corrected chi connectivity index (χ0v) is 13.7. The van der Waals surface area contributed by atoms with Gasteiger partial charge in [-0.3, -0.25) is 0 Å². The van der Waals surface area contributed by atoms with E-state index < -0.39 is 15.6 Å². The molecule has 0 fully saturated rings. The van der Waals surface area contributed by atoms with Crippen molar-refractivity contribution >= 4 is 15.7 Å². The Kier molecular flexibility index (Phi) is 6.02. The smallest absolute Gasteiger partial charge is 0.243 e. The summed E-state index contributed by atoms with van der Waals surface area (Å²) in [5.41, 5.74) is 0.222. The second-order valence-corrected chi connectivity index (χ2v) is 7.31. The Balaban J connectivity index is 3.03. The van der Waals surface area contributed by atoms with Gasteiger partial charge in [-0.15, -0.1) is 0 Å². The van der Waals surface area contributed by atoms with Gasteiger partial charge in [0.1, 0.15) is 4.90 Å². The third-order valence-electron chi connectivity index (χ3n) is 3.03. The minimum atomic E-state index is -3.51. The van der Waals surface area contributed by atoms with Gasteiger partial charge in [-0.1, -0.05) is 32.4 Å². The number of anilines is 1. The van der Waals surface area contributed by atoms with Crippen LogP contribution in [0.4, 0.5) is 5.69 Å². The highest BCUT2D eigenvalue weighted by atomic mass is 32.2. The van der Waals surface area contributed by atoms with Crippen molar-refractivity contribution in [2.45, 2.75) is 57.4 Å². The van der Waals surface area contributed by atoms with Crippen molar-refractivity contribution < 1.29 is 8.42 Å². The van der Waals surface area contributed by atoms with E-state index in [1.807, 2.05) is 33.8 Å². The molecule has 0 saturated heterocycles. The topological polar surface area (TPSA) is 58.2 Å². The Morgan fingerprint density at radius 1 is 1.10 bits per heavy atom. The highest BCUT2D eigenvalue weighted by molar-refractivity contribution is 7.89. The summed E-state index contributed by atoms with van der Waals surface area (Å²) >= 11 is 0. The van der Waals surface area contributed by atoms with Gasteiger partial charge in [0, 0.05) is 12.1 Å². The lowest BCUT2D eigenvalue weighted by Gasteiger charge is -2.26. The molecule has 0 heterocycles. The normalized spacial score (nSPS) is 12.4. The van der Waals surface area contributed by atoms with Crippen LogP contribution in [0.5, 0.6) is 0 Å². The maximum Gasteiger partial charge on any atom is 0.243 e. The lowest BCUT2D eigenvalue weighted by molar-refractivity contribution is 0.418. The summed E-state index contributed by atoms with van der Waals surface area (Å²) in [5.74, 6) is 0. The van der Waals surface area contributed by atoms with Crippen LogP contribution in [0.25, 0.3) is 0 Å². The molecular formula is C15H26N2O2S. The van der Waals surface area contributed by atoms with Gasteiger partial charge in [-0.05, 0) is 38.8 Å². The summed E-state index contributed by atoms with van der Waals surface area (Å²) in [6.07, 6.45) is 2.69. The fraction of sp³-hybridized carbons (Fsp3) is 0.600. The summed E-state index contributed by atoms with van der Waals surface area (Å²) in [4.78, 5) is 0.317. The molecule has 4 nitrogen and oxygen atoms in total. The van der Waals surface area contributed by atoms with E-state index >= 15 is 0 Å². The molecule has 0 atom stereocenters. The minimum Gasteiger partial charge on any atom is -0.384 e. The van der Waals surface area contributed by atoms with Gasteiger partial charge >= 0.3 is 0 Å². The lowest BCUT2D eigenvalue weighted by atomic mass is 10.0. The number of hydrogen-bond donors (Lipinski definition) is 2. The van der Waals surface area contributed by atoms with Crippen LogP contribution in [0.1, 0.15) is 47.0 Å². The van der Waals surface area contributed by atoms with Crippen molar-refractivity contribution in [1.29, 1.82) is 0 Å². The van der Waals surface area contributed by atoms with E-state index in [1.54, 1.807) is 18.2 Å². The van der Waals surface area contributed by atoms with E-state index in [4.69, 9.17) is 0 Å². The molecule has 0 saturated carbocycles. The molecule has 2 N–H and O–H groups in total. The van der Waals surface area contributed by atoms with Crippen LogP contribution in [0.15, 0.2) is 29.2 Å². The Labute approximate surface area is 123 Å². The van der Waals surface area contributed by atoms with Crippen molar-refractivity contribution in [1.82, 2.24) is 4.72 Å². The largest absolute Gasteiger partial charge is 0.384 e. The van der Waals surface area contributed by atoms with Crippen LogP contribution in [0, 0.1) is 0 Å². The van der Waals surface area contributed by atoms with Gasteiger partial charge in [0.15, 0.2) is 0 Å². The highest BCUT2D eigenvalue weighted by Crippen LogP contribution is 2.23. The van der Waals surface area contributed by atoms with Gasteiger partial charge in [0.25, 0.3) is 0 Å². The summed E-state index contributed by atoms with van der Waals surface area (Å²) in [5, 5.41) is 3.17. The maximum absolute atomic E-state index is 12.6. The molecule has 0 amide bonds. The van der Waals surface area contributed by atoms with Gasteiger partial charge in [0.2, 0.25) is 10.0 Å². The van der Waals surface area contributed by atoms with Crippen LogP contribution in [-0.4, -0.2) is 20.5 Å². The molecule has 0 bridgehead atoms. The second-order valence-electron chi connectivity index (χ2n) is 5.66. The number of hydrogen-bond acceptors (Lipinski definition) is 3. The molecular weight excluding hydrogens is 272 g/mol. The van der Waals surface area contributed by atoms with Crippen LogP contribution < -0.4 is 10.0 Å². The van der Waals surface area contributed by atoms with E-state index in [0.717, 1.165) is 25.8 Å². The second kappa shape index (κ2) is 7.09. The van der Waals surface area contributed by atoms with E-state index in [9.17, 15) is 8.42 Å². The molecule has 5 heteroatoms. The zero-order chi connectivity index (χ0) is 15.2. The predicted molar refractivity (Wildman–Crippen MR) is 84.5 cm³/mol. The molecule has 0 unspecified atom stereocenters. The van der Waals surface area contributed by atoms with Gasteiger partial charge in [0.05, 0.1) is 5.69 Å². The van der Waals surface area contributed by atoms with Crippen LogP contribution >= 0.6 is 0 Å². The monoisotopic (exact) mass is 298 g/mol. The van der Waals surface area contributed by atoms with Crippen LogP contribution in [-0.2, 0) is 10.0 Å². The first-order chi connectivity index (χ1) is 9.32. The molecule has 0 aliphatic carbocycles. The van der Waals surface area contributed by atoms with E-state index in [-0.39, 0.29) is 0 Å². The fourth-order valence-electron chi connectivity index (χ4n) is 2.20. The molecule has 1 aromatic rings. The molecule has 1 aromatic carbocycles. The maximum atomic E-state index is 12.6. The van der Waals surface area contributed by atoms with E-state index in [2.05, 4.69) is 10.0 Å². The Hall–Kier alpha value is -1.07. The fourth-order valence-corrected chi connectivity index (χ4v) is 3.83. The molecule has 114 valence electrons. The SMILES string of the molecule is CCCNc1ccccc1S(=O)(=O)NC(C)(C)CCC. The third-order valence-corrected chi connectivity index (χ3v) is 4.78. The molecule has 20 heavy (non-hydrogen) atoms. The van der Waals surface area contributed by atoms with Crippen LogP contribution in [0.3, 0.4) is 0 Å². The van der Waals surface area contributed by atoms with E-state index in [0.29, 0.717) is 10.6 Å². The first kappa shape index (κ1) is 17.0. The number of rotatable bonds is 8. The summed E-state index contributed by atoms with van der Waals surface area (Å²) in [7, 11) is -3.51. The quantitative estimate of drug-likeness (QED) is 0.773. The summed E-state index contributed by atoms with van der Waals surface area (Å²) in [6.45, 7) is 8.68. The van der Waals surface area contributed by atoms with Crippen molar-refractivity contribution in [2.75, 3.05) is 11.9 Å². The van der Waals surface area contributed by atoms with Gasteiger partial charge in [-0.2, -0.15) is 0 Å². The first-order valence-corrected chi connectivity index (χ1v) is 8.67. The summed E-state index contributed by atoms with van der Waals surface area (Å²) in [6, 6.07) is 7.03. The average molecular weight is 298 g/mol. The van der Waals surface area contributed by atoms with Crippen molar-refractivity contribution in [2.24, 2.45) is 0 Å². The van der Waals surface area contributed by atoms with Gasteiger partial charge in [-0.25, -0.2) is 13.1 Å². The number of sulfonamides is 1. The number of benzene rings is 1. The Morgan fingerprint density at radius 3 is 2.35 bits per heavy atom.